The molecule has 1 atom stereocenters. The van der Waals surface area contributed by atoms with Gasteiger partial charge >= 0.3 is 0 Å². The molecule has 0 aliphatic heterocycles. The average molecular weight is 254 g/mol. The van der Waals surface area contributed by atoms with Crippen molar-refractivity contribution in [1.82, 2.24) is 0 Å². The molecule has 0 saturated heterocycles. The van der Waals surface area contributed by atoms with Crippen molar-refractivity contribution < 1.29 is 9.13 Å². The first kappa shape index (κ1) is 14.5. The van der Waals surface area contributed by atoms with Crippen molar-refractivity contribution >= 4 is 24.0 Å². The van der Waals surface area contributed by atoms with E-state index in [9.17, 15) is 4.39 Å². The van der Waals surface area contributed by atoms with Crippen LogP contribution in [0.25, 0.3) is 0 Å². The highest BCUT2D eigenvalue weighted by Crippen LogP contribution is 2.30. The molecular weight excluding hydrogens is 240 g/mol. The second-order valence-electron chi connectivity index (χ2n) is 3.04. The number of ether oxygens (including phenoxy) is 1. The first-order valence-corrected chi connectivity index (χ1v) is 4.81. The standard InChI is InChI=1S/C10H13ClFNO.ClH/c1-3-14-10-8(11)4-7(6(2)13)5-9(10)12;/h4-6H,3,13H2,1-2H3;1H/t6-;/m1./s1. The van der Waals surface area contributed by atoms with E-state index in [0.717, 1.165) is 0 Å². The second kappa shape index (κ2) is 6.16. The molecule has 0 unspecified atom stereocenters. The van der Waals surface area contributed by atoms with Gasteiger partial charge in [-0.25, -0.2) is 4.39 Å². The van der Waals surface area contributed by atoms with Crippen molar-refractivity contribution in [2.24, 2.45) is 5.73 Å². The van der Waals surface area contributed by atoms with Crippen LogP contribution in [0.2, 0.25) is 5.02 Å². The fraction of sp³-hybridized carbons (Fsp3) is 0.400. The van der Waals surface area contributed by atoms with Gasteiger partial charge < -0.3 is 10.5 Å². The molecule has 0 spiro atoms. The van der Waals surface area contributed by atoms with E-state index >= 15 is 0 Å². The minimum Gasteiger partial charge on any atom is -0.489 e. The largest absolute Gasteiger partial charge is 0.489 e. The minimum absolute atomic E-state index is 0. The van der Waals surface area contributed by atoms with Gasteiger partial charge in [0, 0.05) is 6.04 Å². The van der Waals surface area contributed by atoms with Gasteiger partial charge in [-0.1, -0.05) is 11.6 Å². The van der Waals surface area contributed by atoms with Gasteiger partial charge in [0.25, 0.3) is 0 Å². The Kier molecular flexibility index (Phi) is 5.95. The molecule has 2 nitrogen and oxygen atoms in total. The molecule has 1 aromatic carbocycles. The lowest BCUT2D eigenvalue weighted by Crippen LogP contribution is -2.06. The maximum Gasteiger partial charge on any atom is 0.173 e. The van der Waals surface area contributed by atoms with Crippen LogP contribution in [-0.2, 0) is 0 Å². The summed E-state index contributed by atoms with van der Waals surface area (Å²) in [5.41, 5.74) is 6.27. The lowest BCUT2D eigenvalue weighted by Gasteiger charge is -2.11. The number of hydrogen-bond donors (Lipinski definition) is 1. The van der Waals surface area contributed by atoms with Crippen LogP contribution in [0.5, 0.6) is 5.75 Å². The zero-order valence-electron chi connectivity index (χ0n) is 8.59. The summed E-state index contributed by atoms with van der Waals surface area (Å²) in [5, 5.41) is 0.263. The number of nitrogens with two attached hydrogens (primary N) is 1. The molecule has 0 saturated carbocycles. The molecule has 0 aliphatic carbocycles. The number of hydrogen-bond acceptors (Lipinski definition) is 2. The van der Waals surface area contributed by atoms with Crippen LogP contribution in [0.3, 0.4) is 0 Å². The predicted octanol–water partition coefficient (Wildman–Crippen LogP) is 3.32. The summed E-state index contributed by atoms with van der Waals surface area (Å²) >= 11 is 5.84. The SMILES string of the molecule is CCOc1c(F)cc([C@@H](C)N)cc1Cl.Cl. The van der Waals surface area contributed by atoms with E-state index in [1.54, 1.807) is 19.9 Å². The van der Waals surface area contributed by atoms with Crippen LogP contribution in [0.1, 0.15) is 25.5 Å². The fourth-order valence-corrected chi connectivity index (χ4v) is 1.40. The van der Waals surface area contributed by atoms with Gasteiger partial charge in [0.05, 0.1) is 11.6 Å². The summed E-state index contributed by atoms with van der Waals surface area (Å²) in [6, 6.07) is 2.74. The fourth-order valence-electron chi connectivity index (χ4n) is 1.12. The maximum absolute atomic E-state index is 13.4. The quantitative estimate of drug-likeness (QED) is 0.897. The van der Waals surface area contributed by atoms with E-state index < -0.39 is 5.82 Å². The highest BCUT2D eigenvalue weighted by atomic mass is 35.5. The Hall–Kier alpha value is -0.510. The summed E-state index contributed by atoms with van der Waals surface area (Å²) in [5.74, 6) is -0.370. The normalized spacial score (nSPS) is 11.8. The van der Waals surface area contributed by atoms with Gasteiger partial charge in [-0.3, -0.25) is 0 Å². The molecule has 86 valence electrons. The van der Waals surface area contributed by atoms with Crippen molar-refractivity contribution in [3.63, 3.8) is 0 Å². The Morgan fingerprint density at radius 1 is 1.53 bits per heavy atom. The lowest BCUT2D eigenvalue weighted by molar-refractivity contribution is 0.321. The molecule has 5 heteroatoms. The minimum atomic E-state index is -0.466. The van der Waals surface area contributed by atoms with Crippen LogP contribution < -0.4 is 10.5 Å². The van der Waals surface area contributed by atoms with Crippen molar-refractivity contribution in [3.05, 3.63) is 28.5 Å². The van der Waals surface area contributed by atoms with Gasteiger partial charge in [-0.15, -0.1) is 12.4 Å². The summed E-state index contributed by atoms with van der Waals surface area (Å²) in [7, 11) is 0. The lowest BCUT2D eigenvalue weighted by atomic mass is 10.1. The van der Waals surface area contributed by atoms with Crippen LogP contribution in [-0.4, -0.2) is 6.61 Å². The Labute approximate surface area is 100.0 Å². The van der Waals surface area contributed by atoms with E-state index in [1.165, 1.54) is 6.07 Å². The maximum atomic E-state index is 13.4. The van der Waals surface area contributed by atoms with E-state index in [4.69, 9.17) is 22.1 Å². The summed E-state index contributed by atoms with van der Waals surface area (Å²) < 4.78 is 18.4. The van der Waals surface area contributed by atoms with Crippen molar-refractivity contribution in [2.75, 3.05) is 6.61 Å². The molecule has 2 N–H and O–H groups in total. The highest BCUT2D eigenvalue weighted by Gasteiger charge is 2.12. The molecule has 0 fully saturated rings. The van der Waals surface area contributed by atoms with Crippen LogP contribution in [0, 0.1) is 5.82 Å². The van der Waals surface area contributed by atoms with Gasteiger partial charge in [0.15, 0.2) is 11.6 Å². The molecular formula is C10H14Cl2FNO. The molecule has 1 aromatic rings. The molecule has 0 bridgehead atoms. The van der Waals surface area contributed by atoms with Gasteiger partial charge in [-0.2, -0.15) is 0 Å². The molecule has 15 heavy (non-hydrogen) atoms. The molecule has 0 aliphatic rings. The predicted molar refractivity (Wildman–Crippen MR) is 62.4 cm³/mol. The highest BCUT2D eigenvalue weighted by molar-refractivity contribution is 6.32. The summed E-state index contributed by atoms with van der Waals surface area (Å²) in [4.78, 5) is 0. The monoisotopic (exact) mass is 253 g/mol. The van der Waals surface area contributed by atoms with Crippen molar-refractivity contribution in [1.29, 1.82) is 0 Å². The van der Waals surface area contributed by atoms with Crippen LogP contribution >= 0.6 is 24.0 Å². The van der Waals surface area contributed by atoms with E-state index in [2.05, 4.69) is 0 Å². The van der Waals surface area contributed by atoms with Gasteiger partial charge in [-0.05, 0) is 31.5 Å². The Morgan fingerprint density at radius 3 is 2.53 bits per heavy atom. The second-order valence-corrected chi connectivity index (χ2v) is 3.44. The molecule has 0 heterocycles. The van der Waals surface area contributed by atoms with E-state index in [1.807, 2.05) is 0 Å². The first-order chi connectivity index (χ1) is 6.56. The number of rotatable bonds is 3. The van der Waals surface area contributed by atoms with Crippen LogP contribution in [0.15, 0.2) is 12.1 Å². The van der Waals surface area contributed by atoms with Crippen molar-refractivity contribution in [3.8, 4) is 5.75 Å². The van der Waals surface area contributed by atoms with Crippen molar-refractivity contribution in [2.45, 2.75) is 19.9 Å². The summed E-state index contributed by atoms with van der Waals surface area (Å²) in [6.07, 6.45) is 0. The van der Waals surface area contributed by atoms with Crippen LogP contribution in [0.4, 0.5) is 4.39 Å². The van der Waals surface area contributed by atoms with E-state index in [0.29, 0.717) is 12.2 Å². The van der Waals surface area contributed by atoms with Gasteiger partial charge in [0.1, 0.15) is 0 Å². The van der Waals surface area contributed by atoms with E-state index in [-0.39, 0.29) is 29.2 Å². The Morgan fingerprint density at radius 2 is 2.13 bits per heavy atom. The smallest absolute Gasteiger partial charge is 0.173 e. The zero-order valence-corrected chi connectivity index (χ0v) is 10.2. The Balaban J connectivity index is 0.00000196. The molecule has 0 aromatic heterocycles. The first-order valence-electron chi connectivity index (χ1n) is 4.43. The Bertz CT molecular complexity index is 308. The number of halogens is 3. The van der Waals surface area contributed by atoms with Gasteiger partial charge in [0.2, 0.25) is 0 Å². The third-order valence-electron chi connectivity index (χ3n) is 1.84. The topological polar surface area (TPSA) is 35.2 Å². The molecule has 0 amide bonds. The third kappa shape index (κ3) is 3.52. The molecule has 0 radical (unpaired) electrons. The summed E-state index contributed by atoms with van der Waals surface area (Å²) in [6.45, 7) is 3.93. The third-order valence-corrected chi connectivity index (χ3v) is 2.12. The number of benzene rings is 1. The molecule has 1 rings (SSSR count). The zero-order chi connectivity index (χ0) is 10.7. The average Bonchev–Trinajstić information content (AvgIpc) is 2.10.